The maximum atomic E-state index is 5.87. The van der Waals surface area contributed by atoms with Crippen LogP contribution in [0.4, 0.5) is 0 Å². The van der Waals surface area contributed by atoms with Gasteiger partial charge in [0.2, 0.25) is 0 Å². The van der Waals surface area contributed by atoms with E-state index in [2.05, 4.69) is 50.1 Å². The van der Waals surface area contributed by atoms with Gasteiger partial charge in [-0.25, -0.2) is 0 Å². The first-order valence-corrected chi connectivity index (χ1v) is 6.53. The molecule has 1 atom stereocenters. The van der Waals surface area contributed by atoms with Gasteiger partial charge in [-0.05, 0) is 32.5 Å². The molecule has 0 aliphatic rings. The molecular formula is C14H22N2S. The monoisotopic (exact) mass is 250 g/mol. The summed E-state index contributed by atoms with van der Waals surface area (Å²) in [7, 11) is 2.08. The molecule has 3 heteroatoms. The van der Waals surface area contributed by atoms with Crippen LogP contribution in [0.1, 0.15) is 36.9 Å². The predicted octanol–water partition coefficient (Wildman–Crippen LogP) is 3.05. The van der Waals surface area contributed by atoms with Crippen LogP contribution in [0.15, 0.2) is 24.3 Å². The molecule has 0 spiro atoms. The van der Waals surface area contributed by atoms with Crippen LogP contribution in [0.2, 0.25) is 0 Å². The third-order valence-corrected chi connectivity index (χ3v) is 3.19. The number of aryl methyl sites for hydroxylation is 1. The largest absolute Gasteiger partial charge is 0.392 e. The molecule has 94 valence electrons. The van der Waals surface area contributed by atoms with Gasteiger partial charge in [-0.15, -0.1) is 0 Å². The van der Waals surface area contributed by atoms with Crippen molar-refractivity contribution in [2.45, 2.75) is 32.7 Å². The molecule has 0 radical (unpaired) electrons. The molecule has 1 aromatic rings. The Kier molecular flexibility index (Phi) is 5.59. The van der Waals surface area contributed by atoms with Crippen molar-refractivity contribution in [3.05, 3.63) is 35.4 Å². The number of nitrogens with two attached hydrogens (primary N) is 1. The van der Waals surface area contributed by atoms with E-state index in [4.69, 9.17) is 18.0 Å². The van der Waals surface area contributed by atoms with Gasteiger partial charge in [0, 0.05) is 0 Å². The Hall–Kier alpha value is -0.930. The van der Waals surface area contributed by atoms with Gasteiger partial charge >= 0.3 is 0 Å². The summed E-state index contributed by atoms with van der Waals surface area (Å²) in [6.45, 7) is 5.29. The van der Waals surface area contributed by atoms with Crippen LogP contribution >= 0.6 is 12.2 Å². The number of nitrogens with zero attached hydrogens (tertiary/aromatic N) is 1. The van der Waals surface area contributed by atoms with Crippen LogP contribution in [0.25, 0.3) is 0 Å². The van der Waals surface area contributed by atoms with Crippen LogP contribution in [0.5, 0.6) is 0 Å². The third kappa shape index (κ3) is 4.10. The van der Waals surface area contributed by atoms with E-state index in [0.29, 0.717) is 4.99 Å². The fraction of sp³-hybridized carbons (Fsp3) is 0.500. The van der Waals surface area contributed by atoms with Crippen LogP contribution in [0, 0.1) is 6.92 Å². The topological polar surface area (TPSA) is 29.3 Å². The normalized spacial score (nSPS) is 12.7. The summed E-state index contributed by atoms with van der Waals surface area (Å²) >= 11 is 5.19. The first-order chi connectivity index (χ1) is 8.06. The van der Waals surface area contributed by atoms with Gasteiger partial charge < -0.3 is 5.73 Å². The molecule has 2 N–H and O–H groups in total. The highest BCUT2D eigenvalue weighted by molar-refractivity contribution is 7.80. The molecule has 2 nitrogen and oxygen atoms in total. The van der Waals surface area contributed by atoms with Crippen molar-refractivity contribution in [3.8, 4) is 0 Å². The maximum absolute atomic E-state index is 5.87. The SMILES string of the molecule is CCCCN(C)C(C(N)=S)c1ccc(C)cc1. The summed E-state index contributed by atoms with van der Waals surface area (Å²) in [6.07, 6.45) is 2.35. The zero-order valence-corrected chi connectivity index (χ0v) is 11.8. The van der Waals surface area contributed by atoms with E-state index < -0.39 is 0 Å². The van der Waals surface area contributed by atoms with Crippen molar-refractivity contribution in [1.29, 1.82) is 0 Å². The summed E-state index contributed by atoms with van der Waals surface area (Å²) in [6, 6.07) is 8.49. The van der Waals surface area contributed by atoms with Crippen molar-refractivity contribution >= 4 is 17.2 Å². The molecule has 0 fully saturated rings. The van der Waals surface area contributed by atoms with Crippen LogP contribution in [-0.4, -0.2) is 23.5 Å². The number of likely N-dealkylation sites (N-methyl/N-ethyl adjacent to an activating group) is 1. The van der Waals surface area contributed by atoms with Crippen molar-refractivity contribution in [1.82, 2.24) is 4.90 Å². The van der Waals surface area contributed by atoms with Gasteiger partial charge in [0.25, 0.3) is 0 Å². The molecule has 1 rings (SSSR count). The summed E-state index contributed by atoms with van der Waals surface area (Å²) in [5.41, 5.74) is 8.31. The summed E-state index contributed by atoms with van der Waals surface area (Å²) in [4.78, 5) is 2.78. The standard InChI is InChI=1S/C14H22N2S/c1-4-5-10-16(3)13(14(15)17)12-8-6-11(2)7-9-12/h6-9,13H,4-5,10H2,1-3H3,(H2,15,17). The first kappa shape index (κ1) is 14.1. The lowest BCUT2D eigenvalue weighted by Crippen LogP contribution is -2.34. The van der Waals surface area contributed by atoms with Crippen molar-refractivity contribution in [2.75, 3.05) is 13.6 Å². The molecule has 0 saturated carbocycles. The minimum Gasteiger partial charge on any atom is -0.392 e. The molecule has 0 saturated heterocycles. The second kappa shape index (κ2) is 6.72. The predicted molar refractivity (Wildman–Crippen MR) is 78.2 cm³/mol. The minimum atomic E-state index is 0.0529. The van der Waals surface area contributed by atoms with Gasteiger partial charge in [0.05, 0.1) is 11.0 Å². The molecule has 0 heterocycles. The van der Waals surface area contributed by atoms with Gasteiger partial charge in [0.1, 0.15) is 0 Å². The van der Waals surface area contributed by atoms with E-state index in [-0.39, 0.29) is 6.04 Å². The highest BCUT2D eigenvalue weighted by Crippen LogP contribution is 2.20. The Morgan fingerprint density at radius 1 is 1.35 bits per heavy atom. The number of hydrogen-bond acceptors (Lipinski definition) is 2. The average Bonchev–Trinajstić information content (AvgIpc) is 2.29. The Morgan fingerprint density at radius 2 is 1.94 bits per heavy atom. The molecule has 0 aromatic heterocycles. The van der Waals surface area contributed by atoms with E-state index in [1.165, 1.54) is 24.0 Å². The lowest BCUT2D eigenvalue weighted by molar-refractivity contribution is 0.296. The van der Waals surface area contributed by atoms with Crippen molar-refractivity contribution in [2.24, 2.45) is 5.73 Å². The summed E-state index contributed by atoms with van der Waals surface area (Å²) in [5, 5.41) is 0. The number of unbranched alkanes of at least 4 members (excludes halogenated alkanes) is 1. The Labute approximate surface area is 110 Å². The number of rotatable bonds is 6. The lowest BCUT2D eigenvalue weighted by Gasteiger charge is -2.27. The molecule has 1 unspecified atom stereocenters. The van der Waals surface area contributed by atoms with Crippen molar-refractivity contribution in [3.63, 3.8) is 0 Å². The van der Waals surface area contributed by atoms with E-state index >= 15 is 0 Å². The second-order valence-corrected chi connectivity index (χ2v) is 5.02. The fourth-order valence-corrected chi connectivity index (χ4v) is 2.24. The van der Waals surface area contributed by atoms with E-state index in [1.807, 2.05) is 0 Å². The molecule has 0 aliphatic carbocycles. The number of thiocarbonyl (C=S) groups is 1. The molecule has 17 heavy (non-hydrogen) atoms. The number of hydrogen-bond donors (Lipinski definition) is 1. The molecule has 1 aromatic carbocycles. The van der Waals surface area contributed by atoms with E-state index in [9.17, 15) is 0 Å². The minimum absolute atomic E-state index is 0.0529. The van der Waals surface area contributed by atoms with Gasteiger partial charge in [-0.1, -0.05) is 55.4 Å². The Morgan fingerprint density at radius 3 is 2.41 bits per heavy atom. The van der Waals surface area contributed by atoms with Gasteiger partial charge in [0.15, 0.2) is 0 Å². The second-order valence-electron chi connectivity index (χ2n) is 4.55. The summed E-state index contributed by atoms with van der Waals surface area (Å²) < 4.78 is 0. The molecule has 0 bridgehead atoms. The average molecular weight is 250 g/mol. The molecule has 0 aliphatic heterocycles. The number of benzene rings is 1. The lowest BCUT2D eigenvalue weighted by atomic mass is 10.0. The zero-order chi connectivity index (χ0) is 12.8. The van der Waals surface area contributed by atoms with E-state index in [0.717, 1.165) is 6.54 Å². The van der Waals surface area contributed by atoms with Crippen molar-refractivity contribution < 1.29 is 0 Å². The highest BCUT2D eigenvalue weighted by Gasteiger charge is 2.19. The Bertz CT molecular complexity index is 359. The third-order valence-electron chi connectivity index (χ3n) is 2.97. The van der Waals surface area contributed by atoms with E-state index in [1.54, 1.807) is 0 Å². The van der Waals surface area contributed by atoms with Crippen LogP contribution < -0.4 is 5.73 Å². The smallest absolute Gasteiger partial charge is 0.0948 e. The first-order valence-electron chi connectivity index (χ1n) is 6.12. The highest BCUT2D eigenvalue weighted by atomic mass is 32.1. The zero-order valence-electron chi connectivity index (χ0n) is 10.9. The van der Waals surface area contributed by atoms with Gasteiger partial charge in [-0.3, -0.25) is 4.90 Å². The quantitative estimate of drug-likeness (QED) is 0.787. The van der Waals surface area contributed by atoms with Crippen LogP contribution in [0.3, 0.4) is 0 Å². The molecule has 0 amide bonds. The van der Waals surface area contributed by atoms with Crippen LogP contribution in [-0.2, 0) is 0 Å². The maximum Gasteiger partial charge on any atom is 0.0948 e. The summed E-state index contributed by atoms with van der Waals surface area (Å²) in [5.74, 6) is 0. The Balaban J connectivity index is 2.85. The van der Waals surface area contributed by atoms with Gasteiger partial charge in [-0.2, -0.15) is 0 Å². The fourth-order valence-electron chi connectivity index (χ4n) is 1.92. The molecular weight excluding hydrogens is 228 g/mol.